The maximum atomic E-state index is 4.93. The summed E-state index contributed by atoms with van der Waals surface area (Å²) in [6, 6.07) is 50.1. The van der Waals surface area contributed by atoms with Crippen LogP contribution in [0.1, 0.15) is 0 Å². The Morgan fingerprint density at radius 1 is 0.439 bits per heavy atom. The lowest BCUT2D eigenvalue weighted by Gasteiger charge is -2.11. The molecule has 0 saturated heterocycles. The number of benzene rings is 6. The van der Waals surface area contributed by atoms with Crippen molar-refractivity contribution in [3.8, 4) is 21.9 Å². The fraction of sp³-hybridized carbons (Fsp3) is 0. The minimum Gasteiger partial charge on any atom is -0.309 e. The van der Waals surface area contributed by atoms with Crippen molar-refractivity contribution in [1.82, 2.24) is 14.1 Å². The lowest BCUT2D eigenvalue weighted by Crippen LogP contribution is -1.96. The molecule has 4 heteroatoms. The van der Waals surface area contributed by atoms with Gasteiger partial charge in [-0.25, -0.2) is 4.98 Å². The molecule has 9 rings (SSSR count). The van der Waals surface area contributed by atoms with Crippen LogP contribution in [0, 0.1) is 0 Å². The van der Waals surface area contributed by atoms with Crippen molar-refractivity contribution in [3.63, 3.8) is 0 Å². The molecule has 192 valence electrons. The Kier molecular flexibility index (Phi) is 4.77. The van der Waals surface area contributed by atoms with Crippen LogP contribution in [-0.2, 0) is 0 Å². The summed E-state index contributed by atoms with van der Waals surface area (Å²) >= 11 is 1.74. The molecule has 6 aromatic carbocycles. The van der Waals surface area contributed by atoms with Crippen molar-refractivity contribution in [2.45, 2.75) is 0 Å². The molecule has 0 unspecified atom stereocenters. The van der Waals surface area contributed by atoms with Gasteiger partial charge in [-0.1, -0.05) is 78.9 Å². The molecule has 0 aliphatic rings. The highest BCUT2D eigenvalue weighted by atomic mass is 32.1. The van der Waals surface area contributed by atoms with Crippen LogP contribution in [0.2, 0.25) is 0 Å². The number of thiazole rings is 1. The SMILES string of the molecule is c1cc(-c2nc3ccccc3s2)cc(-n2c3ccccc3c3cc(-n4c5ccccc5c5ccccc54)ccc32)c1. The number of hydrogen-bond acceptors (Lipinski definition) is 2. The minimum atomic E-state index is 1.04. The van der Waals surface area contributed by atoms with Crippen LogP contribution in [-0.4, -0.2) is 14.1 Å². The van der Waals surface area contributed by atoms with Crippen molar-refractivity contribution in [2.24, 2.45) is 0 Å². The smallest absolute Gasteiger partial charge is 0.124 e. The average molecular weight is 542 g/mol. The Labute approximate surface area is 240 Å². The second kappa shape index (κ2) is 8.65. The molecule has 0 amide bonds. The highest BCUT2D eigenvalue weighted by Crippen LogP contribution is 2.38. The second-order valence-corrected chi connectivity index (χ2v) is 11.5. The molecule has 3 nitrogen and oxygen atoms in total. The third kappa shape index (κ3) is 3.35. The van der Waals surface area contributed by atoms with Gasteiger partial charge >= 0.3 is 0 Å². The van der Waals surface area contributed by atoms with Gasteiger partial charge in [-0.15, -0.1) is 11.3 Å². The number of aromatic nitrogens is 3. The largest absolute Gasteiger partial charge is 0.309 e. The van der Waals surface area contributed by atoms with Crippen LogP contribution in [0.15, 0.2) is 140 Å². The van der Waals surface area contributed by atoms with E-state index in [9.17, 15) is 0 Å². The van der Waals surface area contributed by atoms with Gasteiger partial charge in [0.1, 0.15) is 5.01 Å². The van der Waals surface area contributed by atoms with E-state index in [-0.39, 0.29) is 0 Å². The van der Waals surface area contributed by atoms with Crippen LogP contribution in [0.25, 0.3) is 75.8 Å². The van der Waals surface area contributed by atoms with Gasteiger partial charge in [-0.05, 0) is 60.7 Å². The van der Waals surface area contributed by atoms with Crippen molar-refractivity contribution in [2.75, 3.05) is 0 Å². The molecule has 0 aliphatic heterocycles. The zero-order valence-electron chi connectivity index (χ0n) is 22.0. The van der Waals surface area contributed by atoms with Crippen LogP contribution >= 0.6 is 11.3 Å². The van der Waals surface area contributed by atoms with Crippen molar-refractivity contribution in [1.29, 1.82) is 0 Å². The van der Waals surface area contributed by atoms with Gasteiger partial charge in [0.15, 0.2) is 0 Å². The van der Waals surface area contributed by atoms with E-state index in [1.807, 2.05) is 6.07 Å². The third-order valence-electron chi connectivity index (χ3n) is 8.14. The van der Waals surface area contributed by atoms with E-state index in [0.717, 1.165) is 21.8 Å². The first kappa shape index (κ1) is 22.6. The molecule has 0 saturated carbocycles. The topological polar surface area (TPSA) is 22.8 Å². The Morgan fingerprint density at radius 2 is 1.00 bits per heavy atom. The average Bonchev–Trinajstić information content (AvgIpc) is 3.71. The maximum absolute atomic E-state index is 4.93. The molecule has 9 aromatic rings. The first-order valence-electron chi connectivity index (χ1n) is 13.8. The van der Waals surface area contributed by atoms with E-state index in [4.69, 9.17) is 4.98 Å². The summed E-state index contributed by atoms with van der Waals surface area (Å²) in [6.45, 7) is 0. The summed E-state index contributed by atoms with van der Waals surface area (Å²) in [5.41, 5.74) is 9.32. The van der Waals surface area contributed by atoms with E-state index in [1.54, 1.807) is 11.3 Å². The molecule has 0 radical (unpaired) electrons. The van der Waals surface area contributed by atoms with Crippen LogP contribution in [0.5, 0.6) is 0 Å². The van der Waals surface area contributed by atoms with Gasteiger partial charge in [0.25, 0.3) is 0 Å². The normalized spacial score (nSPS) is 11.9. The molecule has 0 N–H and O–H groups in total. The third-order valence-corrected chi connectivity index (χ3v) is 9.23. The molecule has 0 spiro atoms. The monoisotopic (exact) mass is 541 g/mol. The number of nitrogens with zero attached hydrogens (tertiary/aromatic N) is 3. The predicted molar refractivity (Wildman–Crippen MR) is 174 cm³/mol. The van der Waals surface area contributed by atoms with E-state index in [1.165, 1.54) is 54.0 Å². The van der Waals surface area contributed by atoms with Gasteiger partial charge in [0, 0.05) is 38.5 Å². The molecule has 3 aromatic heterocycles. The van der Waals surface area contributed by atoms with Gasteiger partial charge < -0.3 is 9.13 Å². The fourth-order valence-electron chi connectivity index (χ4n) is 6.35. The lowest BCUT2D eigenvalue weighted by molar-refractivity contribution is 1.16. The summed E-state index contributed by atoms with van der Waals surface area (Å²) in [5, 5.41) is 6.08. The van der Waals surface area contributed by atoms with E-state index >= 15 is 0 Å². The molecule has 0 bridgehead atoms. The highest BCUT2D eigenvalue weighted by molar-refractivity contribution is 7.21. The first-order chi connectivity index (χ1) is 20.3. The van der Waals surface area contributed by atoms with Crippen LogP contribution < -0.4 is 0 Å². The summed E-state index contributed by atoms with van der Waals surface area (Å²) in [5.74, 6) is 0. The molecule has 0 atom stereocenters. The Hall–Kier alpha value is -5.19. The quantitative estimate of drug-likeness (QED) is 0.218. The minimum absolute atomic E-state index is 1.04. The van der Waals surface area contributed by atoms with Crippen LogP contribution in [0.4, 0.5) is 0 Å². The zero-order valence-corrected chi connectivity index (χ0v) is 22.8. The second-order valence-electron chi connectivity index (χ2n) is 10.5. The van der Waals surface area contributed by atoms with Crippen molar-refractivity contribution in [3.05, 3.63) is 140 Å². The van der Waals surface area contributed by atoms with Gasteiger partial charge in [0.2, 0.25) is 0 Å². The maximum Gasteiger partial charge on any atom is 0.124 e. The summed E-state index contributed by atoms with van der Waals surface area (Å²) in [4.78, 5) is 4.93. The van der Waals surface area contributed by atoms with Crippen molar-refractivity contribution < 1.29 is 0 Å². The summed E-state index contributed by atoms with van der Waals surface area (Å²) in [7, 11) is 0. The Balaban J connectivity index is 1.28. The van der Waals surface area contributed by atoms with Gasteiger partial charge in [0.05, 0.1) is 32.3 Å². The zero-order chi connectivity index (χ0) is 26.9. The fourth-order valence-corrected chi connectivity index (χ4v) is 7.31. The molecule has 3 heterocycles. The van der Waals surface area contributed by atoms with Gasteiger partial charge in [-0.2, -0.15) is 0 Å². The van der Waals surface area contributed by atoms with E-state index < -0.39 is 0 Å². The summed E-state index contributed by atoms with van der Waals surface area (Å²) in [6.07, 6.45) is 0. The van der Waals surface area contributed by atoms with Crippen LogP contribution in [0.3, 0.4) is 0 Å². The Bertz CT molecular complexity index is 2350. The molecular formula is C37H23N3S. The lowest BCUT2D eigenvalue weighted by atomic mass is 10.1. The van der Waals surface area contributed by atoms with E-state index in [2.05, 4.69) is 143 Å². The van der Waals surface area contributed by atoms with Crippen molar-refractivity contribution >= 4 is 65.2 Å². The number of rotatable bonds is 3. The molecule has 0 aliphatic carbocycles. The first-order valence-corrected chi connectivity index (χ1v) is 14.6. The number of para-hydroxylation sites is 4. The predicted octanol–water partition coefficient (Wildman–Crippen LogP) is 10.2. The molecular weight excluding hydrogens is 518 g/mol. The molecule has 41 heavy (non-hydrogen) atoms. The van der Waals surface area contributed by atoms with Gasteiger partial charge in [-0.3, -0.25) is 0 Å². The van der Waals surface area contributed by atoms with E-state index in [0.29, 0.717) is 0 Å². The number of hydrogen-bond donors (Lipinski definition) is 0. The molecule has 0 fully saturated rings. The number of fused-ring (bicyclic) bond motifs is 7. The summed E-state index contributed by atoms with van der Waals surface area (Å²) < 4.78 is 5.99. The standard InChI is InChI=1S/C37H23N3S/c1-5-16-32-27(12-1)28-13-2-6-17-33(28)40(32)26-20-21-35-30(23-26)29-14-3-7-18-34(29)39(35)25-11-9-10-24(22-25)37-38-31-15-4-8-19-36(31)41-37/h1-23H. The Morgan fingerprint density at radius 3 is 1.68 bits per heavy atom. The highest BCUT2D eigenvalue weighted by Gasteiger charge is 2.17.